The average molecular weight is 1130 g/mol. The third kappa shape index (κ3) is 14.1. The molecule has 0 bridgehead atoms. The van der Waals surface area contributed by atoms with E-state index in [0.29, 0.717) is 5.02 Å². The molecule has 2 aliphatic rings. The number of amides is 2. The molecule has 5 aromatic rings. The molecule has 2 aliphatic heterocycles. The highest BCUT2D eigenvalue weighted by Gasteiger charge is 2.50. The Morgan fingerprint density at radius 3 is 2.32 bits per heavy atom. The molecule has 7 rings (SSSR count). The van der Waals surface area contributed by atoms with Gasteiger partial charge in [-0.05, 0) is 35.1 Å². The summed E-state index contributed by atoms with van der Waals surface area (Å²) in [7, 11) is -16.5. The molecule has 3 aromatic heterocycles. The van der Waals surface area contributed by atoms with Crippen molar-refractivity contribution in [3.05, 3.63) is 83.7 Å². The standard InChI is InChI=1S/C44H56ClN8O17P3S/c1-43(2)19-29-34(25-8-6-5-7-9-25)33(26-10-12-27(45)13-11-26)28(52(29)21-43)18-32(55)74-17-16-47-31(54)14-15-48-41(58)38(57)44(3,4)22-67-73(64,65)70-72(62,63)66-20-30-37(69-71(59,60)61)36(56)42(68-30)53-24-51-35-39(46)49-23-50-40(35)53/h5-13,23-24,30,36-38,42,56-57H,14-22H2,1-4H3,(H,47,54)(H,48,58)(H,62,63)(H,64,65)(H2,46,49,50)(H2,59,60,61). The first-order chi connectivity index (χ1) is 34.6. The second-order valence-electron chi connectivity index (χ2n) is 18.9. The number of rotatable bonds is 23. The number of nitrogens with zero attached hydrogens (tertiary/aromatic N) is 5. The number of phosphoric acid groups is 3. The van der Waals surface area contributed by atoms with Gasteiger partial charge in [-0.3, -0.25) is 32.5 Å². The second kappa shape index (κ2) is 23.0. The van der Waals surface area contributed by atoms with Crippen molar-refractivity contribution in [3.8, 4) is 22.3 Å². The number of hydrogen-bond donors (Lipinski definition) is 9. The number of anilines is 1. The fraction of sp³-hybridized carbons (Fsp3) is 0.455. The normalized spacial score (nSPS) is 20.7. The summed E-state index contributed by atoms with van der Waals surface area (Å²) in [5, 5.41) is 27.4. The lowest BCUT2D eigenvalue weighted by atomic mass is 9.86. The molecule has 5 heterocycles. The van der Waals surface area contributed by atoms with E-state index in [4.69, 9.17) is 31.1 Å². The minimum atomic E-state index is -5.61. The van der Waals surface area contributed by atoms with Crippen molar-refractivity contribution >= 4 is 80.7 Å². The smallest absolute Gasteiger partial charge is 0.386 e. The van der Waals surface area contributed by atoms with Crippen molar-refractivity contribution in [1.82, 2.24) is 34.7 Å². The largest absolute Gasteiger partial charge is 0.481 e. The minimum Gasteiger partial charge on any atom is -0.386 e. The molecule has 0 aliphatic carbocycles. The number of hydrogen-bond acceptors (Lipinski definition) is 18. The van der Waals surface area contributed by atoms with E-state index in [1.54, 1.807) is 0 Å². The van der Waals surface area contributed by atoms with E-state index in [0.717, 1.165) is 69.9 Å². The van der Waals surface area contributed by atoms with E-state index >= 15 is 0 Å². The summed E-state index contributed by atoms with van der Waals surface area (Å²) in [6.07, 6.45) is -6.06. The molecule has 10 N–H and O–H groups in total. The number of aromatic nitrogens is 5. The predicted molar refractivity (Wildman–Crippen MR) is 269 cm³/mol. The number of benzene rings is 2. The van der Waals surface area contributed by atoms with Crippen LogP contribution in [0.2, 0.25) is 5.02 Å². The van der Waals surface area contributed by atoms with Gasteiger partial charge in [-0.1, -0.05) is 93.5 Å². The molecule has 402 valence electrons. The number of aliphatic hydroxyl groups is 2. The van der Waals surface area contributed by atoms with Crippen LogP contribution in [-0.2, 0) is 70.1 Å². The maximum Gasteiger partial charge on any atom is 0.481 e. The average Bonchev–Trinajstić information content (AvgIpc) is 4.05. The van der Waals surface area contributed by atoms with Gasteiger partial charge in [0.25, 0.3) is 0 Å². The summed E-state index contributed by atoms with van der Waals surface area (Å²) < 4.78 is 65.1. The molecule has 0 spiro atoms. The number of imidazole rings is 1. The summed E-state index contributed by atoms with van der Waals surface area (Å²) in [6.45, 7) is 5.53. The number of phosphoric ester groups is 3. The predicted octanol–water partition coefficient (Wildman–Crippen LogP) is 4.28. The highest BCUT2D eigenvalue weighted by Crippen LogP contribution is 2.61. The van der Waals surface area contributed by atoms with Gasteiger partial charge in [0, 0.05) is 64.8 Å². The summed E-state index contributed by atoms with van der Waals surface area (Å²) in [6, 6.07) is 17.7. The van der Waals surface area contributed by atoms with E-state index in [1.165, 1.54) is 19.5 Å². The first-order valence-electron chi connectivity index (χ1n) is 22.7. The Kier molecular flexibility index (Phi) is 17.8. The van der Waals surface area contributed by atoms with Crippen molar-refractivity contribution < 1.29 is 80.5 Å². The lowest BCUT2D eigenvalue weighted by Gasteiger charge is -2.30. The van der Waals surface area contributed by atoms with Gasteiger partial charge in [-0.15, -0.1) is 0 Å². The number of carbonyl (C=O) groups excluding carboxylic acids is 3. The van der Waals surface area contributed by atoms with Gasteiger partial charge in [0.05, 0.1) is 26.0 Å². The number of nitrogens with one attached hydrogen (secondary N) is 2. The van der Waals surface area contributed by atoms with E-state index in [1.807, 2.05) is 42.5 Å². The molecule has 1 saturated heterocycles. The zero-order valence-corrected chi connectivity index (χ0v) is 44.5. The van der Waals surface area contributed by atoms with Crippen molar-refractivity contribution in [3.63, 3.8) is 0 Å². The lowest BCUT2D eigenvalue weighted by molar-refractivity contribution is -0.137. The van der Waals surface area contributed by atoms with Gasteiger partial charge >= 0.3 is 23.5 Å². The van der Waals surface area contributed by atoms with Crippen LogP contribution in [0.4, 0.5) is 5.82 Å². The zero-order chi connectivity index (χ0) is 54.0. The van der Waals surface area contributed by atoms with Crippen molar-refractivity contribution in [2.45, 2.75) is 84.1 Å². The molecule has 0 radical (unpaired) electrons. The van der Waals surface area contributed by atoms with Crippen molar-refractivity contribution in [2.75, 3.05) is 37.8 Å². The highest BCUT2D eigenvalue weighted by molar-refractivity contribution is 8.13. The van der Waals surface area contributed by atoms with Crippen LogP contribution in [0.25, 0.3) is 33.4 Å². The lowest BCUT2D eigenvalue weighted by Crippen LogP contribution is -2.46. The number of nitrogen functional groups attached to an aromatic ring is 1. The monoisotopic (exact) mass is 1130 g/mol. The van der Waals surface area contributed by atoms with Crippen LogP contribution in [0, 0.1) is 10.8 Å². The number of carbonyl (C=O) groups is 3. The quantitative estimate of drug-likeness (QED) is 0.0325. The summed E-state index contributed by atoms with van der Waals surface area (Å²) in [5.41, 5.74) is 10.4. The SMILES string of the molecule is CC1(C)Cc2c(-c3ccccc3)c(-c3ccc(Cl)cc3)c(CC(=O)SCCNC(=O)CCNC(=O)C(O)C(C)(C)COP(=O)(O)OP(=O)(O)OCC3OC(n4cnc5c(N)ncnc54)C(O)C3OP(=O)(O)O)n2C1. The Labute approximate surface area is 432 Å². The molecule has 2 aromatic carbocycles. The summed E-state index contributed by atoms with van der Waals surface area (Å²) >= 11 is 7.35. The maximum absolute atomic E-state index is 13.6. The second-order valence-corrected chi connectivity index (χ2v) is 24.7. The zero-order valence-electron chi connectivity index (χ0n) is 40.2. The third-order valence-electron chi connectivity index (χ3n) is 12.0. The Balaban J connectivity index is 0.850. The van der Waals surface area contributed by atoms with Gasteiger partial charge in [-0.25, -0.2) is 28.6 Å². The first kappa shape index (κ1) is 57.3. The van der Waals surface area contributed by atoms with E-state index < -0.39 is 84.6 Å². The number of nitrogens with two attached hydrogens (primary N) is 1. The number of ether oxygens (including phenoxy) is 1. The van der Waals surface area contributed by atoms with E-state index in [-0.39, 0.29) is 59.2 Å². The molecule has 2 amide bonds. The molecule has 7 atom stereocenters. The first-order valence-corrected chi connectivity index (χ1v) is 28.6. The van der Waals surface area contributed by atoms with Crippen LogP contribution < -0.4 is 16.4 Å². The minimum absolute atomic E-state index is 0.0187. The molecule has 1 fully saturated rings. The van der Waals surface area contributed by atoms with Gasteiger partial charge in [0.15, 0.2) is 22.8 Å². The number of thioether (sulfide) groups is 1. The Hall–Kier alpha value is -4.43. The summed E-state index contributed by atoms with van der Waals surface area (Å²) in [4.78, 5) is 90.6. The molecule has 0 saturated carbocycles. The number of halogens is 1. The highest BCUT2D eigenvalue weighted by atomic mass is 35.5. The molecule has 7 unspecified atom stereocenters. The van der Waals surface area contributed by atoms with E-state index in [9.17, 15) is 57.9 Å². The number of fused-ring (bicyclic) bond motifs is 2. The molecule has 30 heteroatoms. The van der Waals surface area contributed by atoms with Gasteiger partial charge in [0.1, 0.15) is 36.3 Å². The van der Waals surface area contributed by atoms with Gasteiger partial charge in [-0.2, -0.15) is 4.31 Å². The molecular formula is C44H56ClN8O17P3S. The molecule has 74 heavy (non-hydrogen) atoms. The Bertz CT molecular complexity index is 3010. The van der Waals surface area contributed by atoms with Crippen LogP contribution >= 0.6 is 46.8 Å². The Morgan fingerprint density at radius 2 is 1.64 bits per heavy atom. The fourth-order valence-electron chi connectivity index (χ4n) is 8.54. The van der Waals surface area contributed by atoms with E-state index in [2.05, 4.69) is 65.0 Å². The van der Waals surface area contributed by atoms with Gasteiger partial charge < -0.3 is 55.5 Å². The maximum atomic E-state index is 13.6. The van der Waals surface area contributed by atoms with Crippen molar-refractivity contribution in [2.24, 2.45) is 10.8 Å². The molecule has 25 nitrogen and oxygen atoms in total. The van der Waals surface area contributed by atoms with Crippen LogP contribution in [0.1, 0.15) is 51.7 Å². The Morgan fingerprint density at radius 1 is 0.959 bits per heavy atom. The van der Waals surface area contributed by atoms with Crippen LogP contribution in [0.3, 0.4) is 0 Å². The molecular weight excluding hydrogens is 1070 g/mol. The summed E-state index contributed by atoms with van der Waals surface area (Å²) in [5.74, 6) is -1.22. The van der Waals surface area contributed by atoms with Crippen LogP contribution in [0.5, 0.6) is 0 Å². The fourth-order valence-corrected chi connectivity index (χ4v) is 12.2. The third-order valence-corrected chi connectivity index (χ3v) is 16.2. The number of aliphatic hydroxyl groups excluding tert-OH is 2. The van der Waals surface area contributed by atoms with Crippen molar-refractivity contribution in [1.29, 1.82) is 0 Å². The van der Waals surface area contributed by atoms with Crippen LogP contribution in [0.15, 0.2) is 67.3 Å². The topological polar surface area (TPSA) is 369 Å². The van der Waals surface area contributed by atoms with Gasteiger partial charge in [0.2, 0.25) is 11.8 Å². The van der Waals surface area contributed by atoms with Crippen LogP contribution in [-0.4, -0.2) is 127 Å².